The minimum atomic E-state index is -0.439. The summed E-state index contributed by atoms with van der Waals surface area (Å²) in [5.74, 6) is 0.362. The summed E-state index contributed by atoms with van der Waals surface area (Å²) in [5, 5.41) is 0.560. The minimum absolute atomic E-state index is 0.0421. The van der Waals surface area contributed by atoms with Crippen molar-refractivity contribution in [3.63, 3.8) is 0 Å². The summed E-state index contributed by atoms with van der Waals surface area (Å²) in [4.78, 5) is 29.1. The summed E-state index contributed by atoms with van der Waals surface area (Å²) in [6.45, 7) is -0.0594. The molecule has 2 aromatic carbocycles. The zero-order valence-corrected chi connectivity index (χ0v) is 17.7. The van der Waals surface area contributed by atoms with Crippen molar-refractivity contribution < 1.29 is 23.8 Å². The van der Waals surface area contributed by atoms with Gasteiger partial charge in [0.2, 0.25) is 0 Å². The number of rotatable bonds is 6. The fraction of sp³-hybridized carbons (Fsp3) is 0.250. The first-order valence-corrected chi connectivity index (χ1v) is 9.78. The number of hydrogen-bond donors (Lipinski definition) is 0. The lowest BCUT2D eigenvalue weighted by molar-refractivity contribution is -0.141. The average Bonchev–Trinajstić information content (AvgIpc) is 3.03. The summed E-state index contributed by atoms with van der Waals surface area (Å²) < 4.78 is 17.7. The number of fused-ring (bicyclic) bond motifs is 1. The van der Waals surface area contributed by atoms with E-state index in [1.807, 2.05) is 0 Å². The van der Waals surface area contributed by atoms with E-state index in [9.17, 15) is 9.59 Å². The topological polar surface area (TPSA) is 79.1 Å². The van der Waals surface area contributed by atoms with Gasteiger partial charge in [0.1, 0.15) is 18.0 Å². The van der Waals surface area contributed by atoms with Crippen LogP contribution >= 0.6 is 22.9 Å². The maximum Gasteiger partial charge on any atom is 0.325 e. The van der Waals surface area contributed by atoms with E-state index in [0.717, 1.165) is 10.2 Å². The Morgan fingerprint density at radius 2 is 1.90 bits per heavy atom. The van der Waals surface area contributed by atoms with Crippen molar-refractivity contribution in [1.29, 1.82) is 0 Å². The number of carbonyl (C=O) groups is 2. The number of benzene rings is 2. The third-order valence-electron chi connectivity index (χ3n) is 4.22. The molecule has 1 aromatic heterocycles. The smallest absolute Gasteiger partial charge is 0.325 e. The van der Waals surface area contributed by atoms with Gasteiger partial charge in [-0.25, -0.2) is 0 Å². The van der Waals surface area contributed by atoms with E-state index in [2.05, 4.69) is 4.99 Å². The molecule has 29 heavy (non-hydrogen) atoms. The standard InChI is InChI=1S/C20H19ClN2O5S/c1-26-14-6-4-12(16(10-14)27-2)8-18(24)22-20-23(11-19(25)28-3)15-7-5-13(21)9-17(15)29-20/h4-7,9-10H,8,11H2,1-3H3. The van der Waals surface area contributed by atoms with E-state index >= 15 is 0 Å². The molecule has 0 N–H and O–H groups in total. The molecular weight excluding hydrogens is 416 g/mol. The largest absolute Gasteiger partial charge is 0.497 e. The number of thiazole rings is 1. The van der Waals surface area contributed by atoms with Crippen LogP contribution in [0.15, 0.2) is 41.4 Å². The molecule has 0 saturated carbocycles. The molecule has 9 heteroatoms. The van der Waals surface area contributed by atoms with Crippen LogP contribution in [-0.2, 0) is 27.3 Å². The van der Waals surface area contributed by atoms with Gasteiger partial charge in [0, 0.05) is 16.7 Å². The average molecular weight is 435 g/mol. The highest BCUT2D eigenvalue weighted by Gasteiger charge is 2.14. The fourth-order valence-corrected chi connectivity index (χ4v) is 4.11. The highest BCUT2D eigenvalue weighted by Crippen LogP contribution is 2.25. The maximum absolute atomic E-state index is 12.7. The van der Waals surface area contributed by atoms with Crippen molar-refractivity contribution in [3.05, 3.63) is 51.8 Å². The van der Waals surface area contributed by atoms with E-state index in [1.54, 1.807) is 48.1 Å². The molecular formula is C20H19ClN2O5S. The number of aromatic nitrogens is 1. The van der Waals surface area contributed by atoms with Crippen LogP contribution in [0.2, 0.25) is 5.02 Å². The quantitative estimate of drug-likeness (QED) is 0.556. The summed E-state index contributed by atoms with van der Waals surface area (Å²) in [6, 6.07) is 10.5. The number of carbonyl (C=O) groups excluding carboxylic acids is 2. The van der Waals surface area contributed by atoms with Crippen molar-refractivity contribution >= 4 is 45.0 Å². The summed E-state index contributed by atoms with van der Waals surface area (Å²) >= 11 is 7.35. The van der Waals surface area contributed by atoms with Gasteiger partial charge >= 0.3 is 5.97 Å². The minimum Gasteiger partial charge on any atom is -0.497 e. The molecule has 7 nitrogen and oxygen atoms in total. The first-order valence-electron chi connectivity index (χ1n) is 8.59. The lowest BCUT2D eigenvalue weighted by atomic mass is 10.1. The van der Waals surface area contributed by atoms with E-state index in [4.69, 9.17) is 25.8 Å². The van der Waals surface area contributed by atoms with Gasteiger partial charge in [0.05, 0.1) is 38.0 Å². The second-order valence-electron chi connectivity index (χ2n) is 6.02. The molecule has 1 heterocycles. The molecule has 0 aliphatic carbocycles. The molecule has 0 spiro atoms. The van der Waals surface area contributed by atoms with Gasteiger partial charge in [0.25, 0.3) is 5.91 Å². The van der Waals surface area contributed by atoms with Gasteiger partial charge in [-0.1, -0.05) is 29.0 Å². The van der Waals surface area contributed by atoms with Crippen LogP contribution in [0, 0.1) is 0 Å². The molecule has 0 aliphatic rings. The SMILES string of the molecule is COC(=O)Cn1c(=NC(=O)Cc2ccc(OC)cc2OC)sc2cc(Cl)ccc21. The lowest BCUT2D eigenvalue weighted by Gasteiger charge is -2.08. The third-order valence-corrected chi connectivity index (χ3v) is 5.49. The molecule has 0 radical (unpaired) electrons. The maximum atomic E-state index is 12.7. The van der Waals surface area contributed by atoms with Gasteiger partial charge in [-0.2, -0.15) is 4.99 Å². The van der Waals surface area contributed by atoms with E-state index in [-0.39, 0.29) is 18.9 Å². The van der Waals surface area contributed by atoms with Crippen molar-refractivity contribution in [2.24, 2.45) is 4.99 Å². The molecule has 0 saturated heterocycles. The monoisotopic (exact) mass is 434 g/mol. The summed E-state index contributed by atoms with van der Waals surface area (Å²) in [6.07, 6.45) is 0.0421. The normalized spacial score (nSPS) is 11.5. The van der Waals surface area contributed by atoms with Crippen LogP contribution in [0.1, 0.15) is 5.56 Å². The van der Waals surface area contributed by atoms with Crippen molar-refractivity contribution in [1.82, 2.24) is 4.57 Å². The predicted octanol–water partition coefficient (Wildman–Crippen LogP) is 3.22. The van der Waals surface area contributed by atoms with Crippen molar-refractivity contribution in [2.75, 3.05) is 21.3 Å². The molecule has 3 aromatic rings. The molecule has 0 bridgehead atoms. The Kier molecular flexibility index (Phi) is 6.56. The second kappa shape index (κ2) is 9.11. The first kappa shape index (κ1) is 20.9. The van der Waals surface area contributed by atoms with Gasteiger partial charge in [-0.05, 0) is 24.3 Å². The van der Waals surface area contributed by atoms with Crippen LogP contribution in [0.25, 0.3) is 10.2 Å². The Labute approximate surface area is 176 Å². The number of ether oxygens (including phenoxy) is 3. The Morgan fingerprint density at radius 1 is 1.10 bits per heavy atom. The summed E-state index contributed by atoms with van der Waals surface area (Å²) in [7, 11) is 4.40. The second-order valence-corrected chi connectivity index (χ2v) is 7.46. The Bertz CT molecular complexity index is 1140. The van der Waals surface area contributed by atoms with Gasteiger partial charge in [0.15, 0.2) is 4.80 Å². The lowest BCUT2D eigenvalue weighted by Crippen LogP contribution is -2.22. The van der Waals surface area contributed by atoms with Gasteiger partial charge in [-0.15, -0.1) is 0 Å². The molecule has 3 rings (SSSR count). The van der Waals surface area contributed by atoms with E-state index < -0.39 is 5.97 Å². The predicted molar refractivity (Wildman–Crippen MR) is 111 cm³/mol. The molecule has 0 atom stereocenters. The Balaban J connectivity index is 1.99. The van der Waals surface area contributed by atoms with Crippen LogP contribution in [0.4, 0.5) is 0 Å². The zero-order valence-electron chi connectivity index (χ0n) is 16.1. The number of halogens is 1. The zero-order chi connectivity index (χ0) is 21.0. The van der Waals surface area contributed by atoms with Crippen LogP contribution in [0.5, 0.6) is 11.5 Å². The van der Waals surface area contributed by atoms with E-state index in [1.165, 1.54) is 25.6 Å². The molecule has 0 aliphatic heterocycles. The van der Waals surface area contributed by atoms with Crippen molar-refractivity contribution in [3.8, 4) is 11.5 Å². The van der Waals surface area contributed by atoms with Crippen LogP contribution in [-0.4, -0.2) is 37.8 Å². The van der Waals surface area contributed by atoms with Gasteiger partial charge in [-0.3, -0.25) is 9.59 Å². The van der Waals surface area contributed by atoms with E-state index in [0.29, 0.717) is 26.9 Å². The molecule has 1 amide bonds. The summed E-state index contributed by atoms with van der Waals surface area (Å²) in [5.41, 5.74) is 1.43. The van der Waals surface area contributed by atoms with Crippen molar-refractivity contribution in [2.45, 2.75) is 13.0 Å². The molecule has 0 fully saturated rings. The highest BCUT2D eigenvalue weighted by molar-refractivity contribution is 7.16. The number of methoxy groups -OCH3 is 3. The van der Waals surface area contributed by atoms with Crippen LogP contribution in [0.3, 0.4) is 0 Å². The fourth-order valence-electron chi connectivity index (χ4n) is 2.79. The number of esters is 1. The molecule has 152 valence electrons. The first-order chi connectivity index (χ1) is 13.9. The number of nitrogens with zero attached hydrogens (tertiary/aromatic N) is 2. The Morgan fingerprint density at radius 3 is 2.59 bits per heavy atom. The molecule has 0 unspecified atom stereocenters. The highest BCUT2D eigenvalue weighted by atomic mass is 35.5. The van der Waals surface area contributed by atoms with Gasteiger partial charge < -0.3 is 18.8 Å². The number of hydrogen-bond acceptors (Lipinski definition) is 6. The number of amides is 1. The Hall–Kier alpha value is -2.84. The third kappa shape index (κ3) is 4.78. The van der Waals surface area contributed by atoms with Crippen LogP contribution < -0.4 is 14.3 Å².